The number of ether oxygens (including phenoxy) is 2. The zero-order valence-electron chi connectivity index (χ0n) is 14.8. The zero-order chi connectivity index (χ0) is 18.8. The summed E-state index contributed by atoms with van der Waals surface area (Å²) in [6.45, 7) is 3.11. The minimum absolute atomic E-state index is 0.434. The first kappa shape index (κ1) is 19.4. The monoisotopic (exact) mass is 356 g/mol. The number of anilines is 2. The van der Waals surface area contributed by atoms with Crippen molar-refractivity contribution < 1.29 is 9.47 Å². The van der Waals surface area contributed by atoms with Gasteiger partial charge in [0.15, 0.2) is 0 Å². The van der Waals surface area contributed by atoms with Crippen molar-refractivity contribution >= 4 is 23.4 Å². The van der Waals surface area contributed by atoms with Crippen LogP contribution in [0.15, 0.2) is 46.6 Å². The highest BCUT2D eigenvalue weighted by molar-refractivity contribution is 6.38. The van der Waals surface area contributed by atoms with Gasteiger partial charge >= 0.3 is 0 Å². The summed E-state index contributed by atoms with van der Waals surface area (Å²) in [5.74, 6) is 5.79. The fraction of sp³-hybridized carbons (Fsp3) is 0.278. The molecule has 0 saturated carbocycles. The molecule has 0 spiro atoms. The SMILES string of the molecule is C1COCCO1.CN=C/C(=N\N)c1cnc(N)c(-c2ccc(N)cc2)c1. The molecule has 8 heteroatoms. The maximum Gasteiger partial charge on any atom is 0.131 e. The van der Waals surface area contributed by atoms with Crippen molar-refractivity contribution in [3.05, 3.63) is 42.1 Å². The summed E-state index contributed by atoms with van der Waals surface area (Å²) in [5.41, 5.74) is 15.3. The Kier molecular flexibility index (Phi) is 7.53. The normalized spacial score (nSPS) is 14.7. The lowest BCUT2D eigenvalue weighted by atomic mass is 10.0. The third kappa shape index (κ3) is 5.54. The average Bonchev–Trinajstić information content (AvgIpc) is 2.69. The molecule has 8 nitrogen and oxygen atoms in total. The van der Waals surface area contributed by atoms with Gasteiger partial charge in [-0.15, -0.1) is 0 Å². The molecule has 26 heavy (non-hydrogen) atoms. The number of aromatic nitrogens is 1. The highest BCUT2D eigenvalue weighted by atomic mass is 16.6. The average molecular weight is 356 g/mol. The molecule has 1 aliphatic heterocycles. The van der Waals surface area contributed by atoms with Gasteiger partial charge < -0.3 is 26.8 Å². The van der Waals surface area contributed by atoms with Crippen LogP contribution >= 0.6 is 0 Å². The molecule has 1 aromatic carbocycles. The second-order valence-electron chi connectivity index (χ2n) is 5.41. The number of nitrogens with zero attached hydrogens (tertiary/aromatic N) is 3. The van der Waals surface area contributed by atoms with E-state index in [-0.39, 0.29) is 0 Å². The predicted octanol–water partition coefficient (Wildman–Crippen LogP) is 1.31. The van der Waals surface area contributed by atoms with Gasteiger partial charge in [-0.2, -0.15) is 5.10 Å². The van der Waals surface area contributed by atoms with Crippen molar-refractivity contribution in [1.29, 1.82) is 0 Å². The van der Waals surface area contributed by atoms with Crippen molar-refractivity contribution in [2.75, 3.05) is 44.9 Å². The van der Waals surface area contributed by atoms with Crippen LogP contribution in [-0.4, -0.2) is 50.4 Å². The standard InChI is InChI=1S/C14H16N6.C4H8O2/c1-18-8-13(20-17)10-6-12(14(16)19-7-10)9-2-4-11(15)5-3-9;1-2-6-4-3-5-1/h2-8H,15,17H2,1H3,(H2,16,19);1-4H2/b18-8?,20-13+;. The first-order valence-electron chi connectivity index (χ1n) is 8.13. The molecule has 1 fully saturated rings. The fourth-order valence-electron chi connectivity index (χ4n) is 2.25. The number of nitrogens with two attached hydrogens (primary N) is 3. The number of pyridine rings is 1. The van der Waals surface area contributed by atoms with E-state index in [0.717, 1.165) is 43.1 Å². The Balaban J connectivity index is 0.000000342. The lowest BCUT2D eigenvalue weighted by Crippen LogP contribution is -2.16. The molecule has 0 atom stereocenters. The van der Waals surface area contributed by atoms with Gasteiger partial charge in [0.05, 0.1) is 26.4 Å². The second kappa shape index (κ2) is 10.1. The Bertz CT molecular complexity index is 743. The largest absolute Gasteiger partial charge is 0.399 e. The molecule has 138 valence electrons. The van der Waals surface area contributed by atoms with Crippen LogP contribution < -0.4 is 17.3 Å². The number of rotatable bonds is 3. The van der Waals surface area contributed by atoms with Crippen molar-refractivity contribution in [3.63, 3.8) is 0 Å². The second-order valence-corrected chi connectivity index (χ2v) is 5.41. The highest BCUT2D eigenvalue weighted by Crippen LogP contribution is 2.26. The summed E-state index contributed by atoms with van der Waals surface area (Å²) in [4.78, 5) is 8.09. The molecule has 1 aliphatic rings. The quantitative estimate of drug-likeness (QED) is 0.328. The molecular formula is C18H24N6O2. The molecule has 0 unspecified atom stereocenters. The van der Waals surface area contributed by atoms with Crippen LogP contribution in [0.25, 0.3) is 11.1 Å². The molecule has 2 aromatic rings. The number of hydrazone groups is 1. The molecular weight excluding hydrogens is 332 g/mol. The van der Waals surface area contributed by atoms with E-state index < -0.39 is 0 Å². The summed E-state index contributed by atoms with van der Waals surface area (Å²) in [6.07, 6.45) is 3.18. The van der Waals surface area contributed by atoms with E-state index >= 15 is 0 Å². The van der Waals surface area contributed by atoms with Gasteiger partial charge in [-0.1, -0.05) is 12.1 Å². The minimum atomic E-state index is 0.434. The third-order valence-corrected chi connectivity index (χ3v) is 3.57. The Hall–Kier alpha value is -2.97. The smallest absolute Gasteiger partial charge is 0.131 e. The number of aliphatic imine (C=N–C) groups is 1. The van der Waals surface area contributed by atoms with Crippen LogP contribution in [0, 0.1) is 0 Å². The number of hydrogen-bond acceptors (Lipinski definition) is 8. The topological polar surface area (TPSA) is 134 Å². The van der Waals surface area contributed by atoms with Crippen molar-refractivity contribution in [1.82, 2.24) is 4.98 Å². The van der Waals surface area contributed by atoms with E-state index in [9.17, 15) is 0 Å². The van der Waals surface area contributed by atoms with E-state index in [0.29, 0.717) is 17.2 Å². The Morgan fingerprint density at radius 2 is 1.69 bits per heavy atom. The molecule has 1 saturated heterocycles. The van der Waals surface area contributed by atoms with E-state index in [2.05, 4.69) is 15.1 Å². The van der Waals surface area contributed by atoms with Crippen molar-refractivity contribution in [2.24, 2.45) is 15.9 Å². The molecule has 0 bridgehead atoms. The summed E-state index contributed by atoms with van der Waals surface area (Å²) >= 11 is 0. The number of benzene rings is 1. The molecule has 0 radical (unpaired) electrons. The fourth-order valence-corrected chi connectivity index (χ4v) is 2.25. The lowest BCUT2D eigenvalue weighted by molar-refractivity contribution is -0.0334. The summed E-state index contributed by atoms with van der Waals surface area (Å²) in [5, 5.41) is 3.69. The highest BCUT2D eigenvalue weighted by Gasteiger charge is 2.08. The number of nitrogen functional groups attached to an aromatic ring is 2. The molecule has 3 rings (SSSR count). The molecule has 6 N–H and O–H groups in total. The van der Waals surface area contributed by atoms with Gasteiger partial charge in [-0.25, -0.2) is 4.98 Å². The summed E-state index contributed by atoms with van der Waals surface area (Å²) in [6, 6.07) is 9.28. The van der Waals surface area contributed by atoms with E-state index in [1.807, 2.05) is 30.3 Å². The van der Waals surface area contributed by atoms with Gasteiger partial charge in [-0.05, 0) is 23.8 Å². The van der Waals surface area contributed by atoms with Crippen molar-refractivity contribution in [3.8, 4) is 11.1 Å². The zero-order valence-corrected chi connectivity index (χ0v) is 14.8. The van der Waals surface area contributed by atoms with Gasteiger partial charge in [-0.3, -0.25) is 4.99 Å². The Morgan fingerprint density at radius 1 is 1.08 bits per heavy atom. The predicted molar refractivity (Wildman–Crippen MR) is 105 cm³/mol. The molecule has 0 aliphatic carbocycles. The Morgan fingerprint density at radius 3 is 2.19 bits per heavy atom. The van der Waals surface area contributed by atoms with Crippen LogP contribution in [0.5, 0.6) is 0 Å². The van der Waals surface area contributed by atoms with Crippen LogP contribution in [0.4, 0.5) is 11.5 Å². The first-order valence-corrected chi connectivity index (χ1v) is 8.13. The van der Waals surface area contributed by atoms with Crippen LogP contribution in [0.2, 0.25) is 0 Å². The van der Waals surface area contributed by atoms with E-state index in [4.69, 9.17) is 26.8 Å². The minimum Gasteiger partial charge on any atom is -0.399 e. The Labute approximate surface area is 152 Å². The maximum atomic E-state index is 5.93. The summed E-state index contributed by atoms with van der Waals surface area (Å²) < 4.78 is 9.89. The van der Waals surface area contributed by atoms with Crippen molar-refractivity contribution in [2.45, 2.75) is 0 Å². The molecule has 0 amide bonds. The van der Waals surface area contributed by atoms with Crippen LogP contribution in [0.3, 0.4) is 0 Å². The first-order chi connectivity index (χ1) is 12.7. The molecule has 2 heterocycles. The van der Waals surface area contributed by atoms with Gasteiger partial charge in [0, 0.05) is 36.3 Å². The van der Waals surface area contributed by atoms with Gasteiger partial charge in [0.1, 0.15) is 11.5 Å². The van der Waals surface area contributed by atoms with E-state index in [1.165, 1.54) is 0 Å². The summed E-state index contributed by atoms with van der Waals surface area (Å²) in [7, 11) is 1.65. The lowest BCUT2D eigenvalue weighted by Gasteiger charge is -2.09. The molecule has 1 aromatic heterocycles. The third-order valence-electron chi connectivity index (χ3n) is 3.57. The van der Waals surface area contributed by atoms with Crippen LogP contribution in [-0.2, 0) is 9.47 Å². The van der Waals surface area contributed by atoms with Crippen LogP contribution in [0.1, 0.15) is 5.56 Å². The van der Waals surface area contributed by atoms with Gasteiger partial charge in [0.2, 0.25) is 0 Å². The van der Waals surface area contributed by atoms with Gasteiger partial charge in [0.25, 0.3) is 0 Å². The number of hydrogen-bond donors (Lipinski definition) is 3. The maximum absolute atomic E-state index is 5.93. The van der Waals surface area contributed by atoms with E-state index in [1.54, 1.807) is 19.5 Å².